The monoisotopic (exact) mass is 291 g/mol. The van der Waals surface area contributed by atoms with Crippen molar-refractivity contribution in [2.45, 2.75) is 45.1 Å². The number of aromatic nitrogens is 1. The second-order valence-corrected chi connectivity index (χ2v) is 6.46. The van der Waals surface area contributed by atoms with Crippen molar-refractivity contribution in [3.63, 3.8) is 0 Å². The van der Waals surface area contributed by atoms with Crippen LogP contribution in [0.5, 0.6) is 0 Å². The molecule has 0 aliphatic heterocycles. The standard InChI is InChI=1S/C15H17NO3S/c1-2-10-7-11-13(20-10)8-12(15(18)19)16(14(11)17)9-5-3-4-6-9/h7-9H,2-6H2,1H3,(H,18,19). The zero-order valence-electron chi connectivity index (χ0n) is 11.4. The van der Waals surface area contributed by atoms with Gasteiger partial charge in [-0.15, -0.1) is 11.3 Å². The number of carboxylic acid groups (broad SMARTS) is 1. The first kappa shape index (κ1) is 13.4. The molecular weight excluding hydrogens is 274 g/mol. The van der Waals surface area contributed by atoms with Crippen LogP contribution in [0.4, 0.5) is 0 Å². The van der Waals surface area contributed by atoms with E-state index in [1.165, 1.54) is 15.9 Å². The summed E-state index contributed by atoms with van der Waals surface area (Å²) in [6.45, 7) is 2.04. The molecule has 0 unspecified atom stereocenters. The predicted octanol–water partition coefficient (Wildman–Crippen LogP) is 3.44. The number of thiophene rings is 1. The third-order valence-electron chi connectivity index (χ3n) is 4.05. The number of pyridine rings is 1. The van der Waals surface area contributed by atoms with Crippen LogP contribution in [0.3, 0.4) is 0 Å². The maximum atomic E-state index is 12.7. The van der Waals surface area contributed by atoms with Crippen LogP contribution in [0, 0.1) is 0 Å². The minimum atomic E-state index is -1.01. The molecule has 4 nitrogen and oxygen atoms in total. The van der Waals surface area contributed by atoms with E-state index in [1.54, 1.807) is 6.07 Å². The Hall–Kier alpha value is -1.62. The molecule has 1 aliphatic rings. The second kappa shape index (κ2) is 5.05. The molecule has 2 heterocycles. The number of carboxylic acids is 1. The minimum Gasteiger partial charge on any atom is -0.477 e. The van der Waals surface area contributed by atoms with Crippen molar-refractivity contribution < 1.29 is 9.90 Å². The van der Waals surface area contributed by atoms with Gasteiger partial charge in [-0.25, -0.2) is 4.79 Å². The van der Waals surface area contributed by atoms with E-state index in [9.17, 15) is 14.7 Å². The molecule has 106 valence electrons. The summed E-state index contributed by atoms with van der Waals surface area (Å²) in [5.41, 5.74) is 0.00153. The maximum Gasteiger partial charge on any atom is 0.352 e. The number of nitrogens with zero attached hydrogens (tertiary/aromatic N) is 1. The quantitative estimate of drug-likeness (QED) is 0.942. The summed E-state index contributed by atoms with van der Waals surface area (Å²) >= 11 is 1.52. The van der Waals surface area contributed by atoms with Crippen molar-refractivity contribution in [3.05, 3.63) is 33.1 Å². The van der Waals surface area contributed by atoms with E-state index >= 15 is 0 Å². The Morgan fingerprint density at radius 1 is 1.40 bits per heavy atom. The molecule has 2 aromatic rings. The average molecular weight is 291 g/mol. The molecule has 1 fully saturated rings. The second-order valence-electron chi connectivity index (χ2n) is 5.29. The van der Waals surface area contributed by atoms with E-state index in [0.717, 1.165) is 41.7 Å². The van der Waals surface area contributed by atoms with Crippen molar-refractivity contribution in [3.8, 4) is 0 Å². The normalized spacial score (nSPS) is 16.1. The lowest BCUT2D eigenvalue weighted by molar-refractivity contribution is 0.0681. The van der Waals surface area contributed by atoms with Crippen LogP contribution >= 0.6 is 11.3 Å². The molecule has 5 heteroatoms. The Kier molecular flexibility index (Phi) is 3.38. The number of fused-ring (bicyclic) bond motifs is 1. The van der Waals surface area contributed by atoms with E-state index in [0.29, 0.717) is 5.39 Å². The molecule has 20 heavy (non-hydrogen) atoms. The van der Waals surface area contributed by atoms with Gasteiger partial charge in [-0.3, -0.25) is 9.36 Å². The van der Waals surface area contributed by atoms with Crippen molar-refractivity contribution in [1.82, 2.24) is 4.57 Å². The van der Waals surface area contributed by atoms with Crippen LogP contribution in [-0.4, -0.2) is 15.6 Å². The van der Waals surface area contributed by atoms with Gasteiger partial charge >= 0.3 is 5.97 Å². The Balaban J connectivity index is 2.29. The lowest BCUT2D eigenvalue weighted by Gasteiger charge is -2.16. The van der Waals surface area contributed by atoms with Crippen LogP contribution in [0.2, 0.25) is 0 Å². The van der Waals surface area contributed by atoms with Crippen molar-refractivity contribution in [2.24, 2.45) is 0 Å². The van der Waals surface area contributed by atoms with Gasteiger partial charge in [0.1, 0.15) is 5.69 Å². The predicted molar refractivity (Wildman–Crippen MR) is 79.9 cm³/mol. The molecule has 0 aromatic carbocycles. The van der Waals surface area contributed by atoms with Gasteiger partial charge in [-0.1, -0.05) is 19.8 Å². The largest absolute Gasteiger partial charge is 0.477 e. The number of hydrogen-bond donors (Lipinski definition) is 1. The molecule has 2 aromatic heterocycles. The molecule has 1 saturated carbocycles. The molecule has 1 N–H and O–H groups in total. The molecule has 0 spiro atoms. The zero-order chi connectivity index (χ0) is 14.3. The molecule has 3 rings (SSSR count). The highest BCUT2D eigenvalue weighted by Crippen LogP contribution is 2.32. The van der Waals surface area contributed by atoms with Crippen LogP contribution in [0.25, 0.3) is 10.1 Å². The summed E-state index contributed by atoms with van der Waals surface area (Å²) in [5, 5.41) is 10.1. The number of rotatable bonds is 3. The van der Waals surface area contributed by atoms with Gasteiger partial charge in [0.15, 0.2) is 0 Å². The summed E-state index contributed by atoms with van der Waals surface area (Å²) in [6, 6.07) is 3.63. The number of aromatic carboxylic acids is 1. The number of aryl methyl sites for hydroxylation is 1. The van der Waals surface area contributed by atoms with E-state index in [4.69, 9.17) is 0 Å². The fourth-order valence-electron chi connectivity index (χ4n) is 3.03. The van der Waals surface area contributed by atoms with Gasteiger partial charge in [-0.05, 0) is 31.4 Å². The average Bonchev–Trinajstić information content (AvgIpc) is 3.06. The first-order chi connectivity index (χ1) is 9.61. The van der Waals surface area contributed by atoms with E-state index in [1.807, 2.05) is 13.0 Å². The topological polar surface area (TPSA) is 59.3 Å². The minimum absolute atomic E-state index is 0.0444. The van der Waals surface area contributed by atoms with Gasteiger partial charge in [0.25, 0.3) is 5.56 Å². The summed E-state index contributed by atoms with van der Waals surface area (Å²) in [7, 11) is 0. The fraction of sp³-hybridized carbons (Fsp3) is 0.467. The smallest absolute Gasteiger partial charge is 0.352 e. The van der Waals surface area contributed by atoms with E-state index < -0.39 is 5.97 Å². The lowest BCUT2D eigenvalue weighted by atomic mass is 10.2. The molecule has 0 atom stereocenters. The van der Waals surface area contributed by atoms with E-state index in [2.05, 4.69) is 0 Å². The molecule has 0 saturated heterocycles. The van der Waals surface area contributed by atoms with Gasteiger partial charge in [0.2, 0.25) is 0 Å². The van der Waals surface area contributed by atoms with Gasteiger partial charge < -0.3 is 5.11 Å². The van der Waals surface area contributed by atoms with E-state index in [-0.39, 0.29) is 17.3 Å². The maximum absolute atomic E-state index is 12.7. The number of hydrogen-bond acceptors (Lipinski definition) is 3. The van der Waals surface area contributed by atoms with Crippen molar-refractivity contribution in [1.29, 1.82) is 0 Å². The third kappa shape index (κ3) is 2.06. The summed E-state index contributed by atoms with van der Waals surface area (Å²) in [6.07, 6.45) is 4.80. The molecule has 1 aliphatic carbocycles. The van der Waals surface area contributed by atoms with Gasteiger partial charge in [0.05, 0.1) is 5.39 Å². The Morgan fingerprint density at radius 3 is 2.70 bits per heavy atom. The number of carbonyl (C=O) groups is 1. The molecule has 0 bridgehead atoms. The van der Waals surface area contributed by atoms with Gasteiger partial charge in [0, 0.05) is 15.6 Å². The van der Waals surface area contributed by atoms with Crippen molar-refractivity contribution in [2.75, 3.05) is 0 Å². The first-order valence-corrected chi connectivity index (χ1v) is 7.84. The molecular formula is C15H17NO3S. The van der Waals surface area contributed by atoms with Crippen LogP contribution in [-0.2, 0) is 6.42 Å². The lowest BCUT2D eigenvalue weighted by Crippen LogP contribution is -2.28. The van der Waals surface area contributed by atoms with Crippen molar-refractivity contribution >= 4 is 27.4 Å². The SMILES string of the molecule is CCc1cc2c(=O)n(C3CCCC3)c(C(=O)O)cc2s1. The third-order valence-corrected chi connectivity index (χ3v) is 5.27. The summed E-state index contributed by atoms with van der Waals surface area (Å²) < 4.78 is 2.31. The summed E-state index contributed by atoms with van der Waals surface area (Å²) in [4.78, 5) is 25.3. The molecule has 0 amide bonds. The van der Waals surface area contributed by atoms with Crippen LogP contribution in [0.15, 0.2) is 16.9 Å². The fourth-order valence-corrected chi connectivity index (χ4v) is 4.06. The highest BCUT2D eigenvalue weighted by Gasteiger charge is 2.25. The highest BCUT2D eigenvalue weighted by atomic mass is 32.1. The van der Waals surface area contributed by atoms with Crippen LogP contribution < -0.4 is 5.56 Å². The van der Waals surface area contributed by atoms with Crippen LogP contribution in [0.1, 0.15) is 54.0 Å². The molecule has 0 radical (unpaired) electrons. The first-order valence-electron chi connectivity index (χ1n) is 7.03. The highest BCUT2D eigenvalue weighted by molar-refractivity contribution is 7.19. The van der Waals surface area contributed by atoms with Gasteiger partial charge in [-0.2, -0.15) is 0 Å². The summed E-state index contributed by atoms with van der Waals surface area (Å²) in [5.74, 6) is -1.01. The zero-order valence-corrected chi connectivity index (χ0v) is 12.2. The Morgan fingerprint density at radius 2 is 2.10 bits per heavy atom. The Bertz CT molecular complexity index is 723. The Labute approximate surface area is 120 Å².